The molecular formula is C23H30ClN3O. The van der Waals surface area contributed by atoms with Gasteiger partial charge in [-0.25, -0.2) is 0 Å². The van der Waals surface area contributed by atoms with Crippen molar-refractivity contribution in [2.75, 3.05) is 12.3 Å². The van der Waals surface area contributed by atoms with E-state index in [1.165, 1.54) is 0 Å². The zero-order valence-electron chi connectivity index (χ0n) is 17.1. The van der Waals surface area contributed by atoms with Crippen LogP contribution in [0.25, 0.3) is 0 Å². The molecule has 2 aromatic carbocycles. The van der Waals surface area contributed by atoms with E-state index >= 15 is 0 Å². The molecule has 0 saturated carbocycles. The van der Waals surface area contributed by atoms with Crippen molar-refractivity contribution < 1.29 is 4.79 Å². The molecule has 1 aliphatic rings. The normalized spacial score (nSPS) is 19.2. The van der Waals surface area contributed by atoms with E-state index in [1.807, 2.05) is 30.3 Å². The van der Waals surface area contributed by atoms with Gasteiger partial charge in [-0.2, -0.15) is 0 Å². The SMILES string of the molecule is CC(C)N(CCC1C(=O)NC(c2c(N)cccc2Cl)c2ccccc21)C(C)C. The van der Waals surface area contributed by atoms with E-state index in [2.05, 4.69) is 50.0 Å². The minimum atomic E-state index is -0.319. The molecule has 5 heteroatoms. The molecule has 0 fully saturated rings. The topological polar surface area (TPSA) is 58.4 Å². The first kappa shape index (κ1) is 20.7. The number of hydrogen-bond donors (Lipinski definition) is 2. The minimum absolute atomic E-state index is 0.0375. The number of hydrogen-bond acceptors (Lipinski definition) is 3. The quantitative estimate of drug-likeness (QED) is 0.690. The van der Waals surface area contributed by atoms with Crippen molar-refractivity contribution in [2.45, 2.75) is 58.2 Å². The monoisotopic (exact) mass is 399 g/mol. The second-order valence-electron chi connectivity index (χ2n) is 8.08. The van der Waals surface area contributed by atoms with E-state index in [0.717, 1.165) is 29.7 Å². The van der Waals surface area contributed by atoms with E-state index in [-0.39, 0.29) is 17.9 Å². The maximum atomic E-state index is 13.1. The summed E-state index contributed by atoms with van der Waals surface area (Å²) in [5.41, 5.74) is 9.73. The summed E-state index contributed by atoms with van der Waals surface area (Å²) in [7, 11) is 0. The molecule has 3 rings (SSSR count). The highest BCUT2D eigenvalue weighted by atomic mass is 35.5. The molecule has 0 aliphatic carbocycles. The lowest BCUT2D eigenvalue weighted by molar-refractivity contribution is -0.124. The molecule has 1 amide bonds. The Morgan fingerprint density at radius 2 is 1.68 bits per heavy atom. The van der Waals surface area contributed by atoms with Gasteiger partial charge in [-0.15, -0.1) is 0 Å². The highest BCUT2D eigenvalue weighted by molar-refractivity contribution is 6.31. The van der Waals surface area contributed by atoms with Crippen LogP contribution >= 0.6 is 11.6 Å². The Morgan fingerprint density at radius 3 is 2.29 bits per heavy atom. The number of carbonyl (C=O) groups excluding carboxylic acids is 1. The summed E-state index contributed by atoms with van der Waals surface area (Å²) in [5, 5.41) is 3.75. The molecule has 2 unspecified atom stereocenters. The number of nitrogens with one attached hydrogen (secondary N) is 1. The van der Waals surface area contributed by atoms with Crippen LogP contribution in [0.1, 0.15) is 62.8 Å². The molecule has 3 N–H and O–H groups in total. The molecule has 0 radical (unpaired) electrons. The van der Waals surface area contributed by atoms with Gasteiger partial charge in [0.05, 0.1) is 12.0 Å². The van der Waals surface area contributed by atoms with Crippen molar-refractivity contribution in [1.82, 2.24) is 10.2 Å². The van der Waals surface area contributed by atoms with Crippen molar-refractivity contribution >= 4 is 23.2 Å². The minimum Gasteiger partial charge on any atom is -0.398 e. The number of halogens is 1. The zero-order valence-corrected chi connectivity index (χ0v) is 17.8. The molecule has 1 aliphatic heterocycles. The number of benzene rings is 2. The van der Waals surface area contributed by atoms with E-state index in [4.69, 9.17) is 17.3 Å². The highest BCUT2D eigenvalue weighted by Crippen LogP contribution is 2.40. The number of fused-ring (bicyclic) bond motifs is 1. The van der Waals surface area contributed by atoms with Crippen LogP contribution in [0.3, 0.4) is 0 Å². The van der Waals surface area contributed by atoms with Crippen LogP contribution in [0.4, 0.5) is 5.69 Å². The lowest BCUT2D eigenvalue weighted by atomic mass is 9.81. The molecule has 0 bridgehead atoms. The molecule has 1 heterocycles. The Kier molecular flexibility index (Phi) is 6.31. The first-order valence-electron chi connectivity index (χ1n) is 10.00. The lowest BCUT2D eigenvalue weighted by Gasteiger charge is -2.36. The van der Waals surface area contributed by atoms with E-state index in [9.17, 15) is 4.79 Å². The molecule has 150 valence electrons. The summed E-state index contributed by atoms with van der Waals surface area (Å²) < 4.78 is 0. The first-order valence-corrected chi connectivity index (χ1v) is 10.4. The number of rotatable bonds is 6. The van der Waals surface area contributed by atoms with Crippen molar-refractivity contribution in [2.24, 2.45) is 0 Å². The van der Waals surface area contributed by atoms with Crippen molar-refractivity contribution in [3.63, 3.8) is 0 Å². The van der Waals surface area contributed by atoms with E-state index < -0.39 is 0 Å². The van der Waals surface area contributed by atoms with Crippen molar-refractivity contribution in [3.8, 4) is 0 Å². The molecule has 0 spiro atoms. The smallest absolute Gasteiger partial charge is 0.228 e. The Balaban J connectivity index is 1.94. The second-order valence-corrected chi connectivity index (χ2v) is 8.49. The summed E-state index contributed by atoms with van der Waals surface area (Å²) in [4.78, 5) is 15.5. The number of nitrogens with zero attached hydrogens (tertiary/aromatic N) is 1. The summed E-state index contributed by atoms with van der Waals surface area (Å²) in [6.07, 6.45) is 0.782. The molecular weight excluding hydrogens is 370 g/mol. The predicted octanol–water partition coefficient (Wildman–Crippen LogP) is 4.73. The maximum Gasteiger partial charge on any atom is 0.228 e. The molecule has 4 nitrogen and oxygen atoms in total. The Hall–Kier alpha value is -2.04. The van der Waals surface area contributed by atoms with Crippen molar-refractivity contribution in [1.29, 1.82) is 0 Å². The third-order valence-corrected chi connectivity index (χ3v) is 5.99. The van der Waals surface area contributed by atoms with Gasteiger partial charge in [0, 0.05) is 28.4 Å². The van der Waals surface area contributed by atoms with Crippen molar-refractivity contribution in [3.05, 3.63) is 64.2 Å². The van der Waals surface area contributed by atoms with Gasteiger partial charge in [-0.05, 0) is 63.9 Å². The Labute approximate surface area is 173 Å². The van der Waals surface area contributed by atoms with Gasteiger partial charge >= 0.3 is 0 Å². The summed E-state index contributed by atoms with van der Waals surface area (Å²) in [6, 6.07) is 14.2. The van der Waals surface area contributed by atoms with Gasteiger partial charge in [0.25, 0.3) is 0 Å². The number of amides is 1. The molecule has 2 aromatic rings. The van der Waals surface area contributed by atoms with Gasteiger partial charge < -0.3 is 11.1 Å². The van der Waals surface area contributed by atoms with Crippen LogP contribution < -0.4 is 11.1 Å². The molecule has 0 aromatic heterocycles. The van der Waals surface area contributed by atoms with Gasteiger partial charge in [0.2, 0.25) is 5.91 Å². The van der Waals surface area contributed by atoms with Crippen LogP contribution in [0.2, 0.25) is 5.02 Å². The average Bonchev–Trinajstić information content (AvgIpc) is 2.63. The Morgan fingerprint density at radius 1 is 1.04 bits per heavy atom. The average molecular weight is 400 g/mol. The van der Waals surface area contributed by atoms with Gasteiger partial charge in [-0.3, -0.25) is 9.69 Å². The number of carbonyl (C=O) groups is 1. The molecule has 2 atom stereocenters. The van der Waals surface area contributed by atoms with Gasteiger partial charge in [-0.1, -0.05) is 41.9 Å². The highest BCUT2D eigenvalue weighted by Gasteiger charge is 2.35. The van der Waals surface area contributed by atoms with Gasteiger partial charge in [0.15, 0.2) is 0 Å². The number of nitrogens with two attached hydrogens (primary N) is 1. The second kappa shape index (κ2) is 8.54. The fourth-order valence-corrected chi connectivity index (χ4v) is 4.61. The van der Waals surface area contributed by atoms with E-state index in [0.29, 0.717) is 22.8 Å². The largest absolute Gasteiger partial charge is 0.398 e. The van der Waals surface area contributed by atoms with Crippen LogP contribution in [-0.2, 0) is 4.79 Å². The summed E-state index contributed by atoms with van der Waals surface area (Å²) >= 11 is 6.45. The van der Waals surface area contributed by atoms with E-state index in [1.54, 1.807) is 0 Å². The van der Waals surface area contributed by atoms with Crippen LogP contribution in [0, 0.1) is 0 Å². The lowest BCUT2D eigenvalue weighted by Crippen LogP contribution is -2.43. The molecule has 0 saturated heterocycles. The maximum absolute atomic E-state index is 13.1. The van der Waals surface area contributed by atoms with Crippen LogP contribution in [0.5, 0.6) is 0 Å². The standard InChI is InChI=1S/C23H30ClN3O/c1-14(2)27(15(3)4)13-12-18-16-8-5-6-9-17(16)22(26-23(18)28)21-19(24)10-7-11-20(21)25/h5-11,14-15,18,22H,12-13,25H2,1-4H3,(H,26,28). The zero-order chi connectivity index (χ0) is 20.4. The fourth-order valence-electron chi connectivity index (χ4n) is 4.32. The van der Waals surface area contributed by atoms with Crippen LogP contribution in [0.15, 0.2) is 42.5 Å². The first-order chi connectivity index (χ1) is 13.3. The predicted molar refractivity (Wildman–Crippen MR) is 117 cm³/mol. The Bertz CT molecular complexity index is 821. The number of anilines is 1. The summed E-state index contributed by atoms with van der Waals surface area (Å²) in [5.74, 6) is -0.133. The third kappa shape index (κ3) is 4.03. The van der Waals surface area contributed by atoms with Crippen LogP contribution in [-0.4, -0.2) is 29.4 Å². The summed E-state index contributed by atoms with van der Waals surface area (Å²) in [6.45, 7) is 9.67. The fraction of sp³-hybridized carbons (Fsp3) is 0.435. The third-order valence-electron chi connectivity index (χ3n) is 5.66. The number of nitrogen functional groups attached to an aromatic ring is 1. The molecule has 28 heavy (non-hydrogen) atoms. The van der Waals surface area contributed by atoms with Gasteiger partial charge in [0.1, 0.15) is 0 Å².